The van der Waals surface area contributed by atoms with Crippen LogP contribution >= 0.6 is 0 Å². The van der Waals surface area contributed by atoms with E-state index in [1.54, 1.807) is 0 Å². The normalized spacial score (nSPS) is 19.2. The van der Waals surface area contributed by atoms with E-state index in [1.807, 2.05) is 42.2 Å². The van der Waals surface area contributed by atoms with E-state index < -0.39 is 0 Å². The van der Waals surface area contributed by atoms with Gasteiger partial charge in [0.25, 0.3) is 0 Å². The first-order valence-corrected chi connectivity index (χ1v) is 8.39. The second kappa shape index (κ2) is 8.67. The van der Waals surface area contributed by atoms with Gasteiger partial charge in [-0.2, -0.15) is 0 Å². The van der Waals surface area contributed by atoms with Crippen molar-refractivity contribution >= 4 is 11.8 Å². The average molecular weight is 317 g/mol. The SMILES string of the molecule is CC(CN)CNC(=O)C1CCCN(C(=O)Cc2ccccc2)C1. The second-order valence-electron chi connectivity index (χ2n) is 6.43. The highest BCUT2D eigenvalue weighted by atomic mass is 16.2. The molecule has 0 spiro atoms. The zero-order valence-electron chi connectivity index (χ0n) is 13.8. The fourth-order valence-corrected chi connectivity index (χ4v) is 2.80. The highest BCUT2D eigenvalue weighted by Crippen LogP contribution is 2.18. The number of hydrogen-bond donors (Lipinski definition) is 2. The van der Waals surface area contributed by atoms with Crippen molar-refractivity contribution in [3.63, 3.8) is 0 Å². The Labute approximate surface area is 138 Å². The summed E-state index contributed by atoms with van der Waals surface area (Å²) < 4.78 is 0. The van der Waals surface area contributed by atoms with Crippen molar-refractivity contribution in [3.05, 3.63) is 35.9 Å². The minimum absolute atomic E-state index is 0.0440. The van der Waals surface area contributed by atoms with Gasteiger partial charge in [0.1, 0.15) is 0 Å². The first kappa shape index (κ1) is 17.5. The van der Waals surface area contributed by atoms with Gasteiger partial charge >= 0.3 is 0 Å². The number of nitrogens with two attached hydrogens (primary N) is 1. The summed E-state index contributed by atoms with van der Waals surface area (Å²) in [4.78, 5) is 26.5. The zero-order chi connectivity index (χ0) is 16.7. The molecule has 0 aliphatic carbocycles. The molecular formula is C18H27N3O2. The Morgan fingerprint density at radius 3 is 2.78 bits per heavy atom. The number of likely N-dealkylation sites (tertiary alicyclic amines) is 1. The fraction of sp³-hybridized carbons (Fsp3) is 0.556. The number of nitrogens with one attached hydrogen (secondary N) is 1. The number of rotatable bonds is 6. The van der Waals surface area contributed by atoms with E-state index in [9.17, 15) is 9.59 Å². The van der Waals surface area contributed by atoms with Crippen LogP contribution in [0.25, 0.3) is 0 Å². The molecule has 3 N–H and O–H groups in total. The van der Waals surface area contributed by atoms with Crippen molar-refractivity contribution in [3.8, 4) is 0 Å². The van der Waals surface area contributed by atoms with Gasteiger partial charge < -0.3 is 16.0 Å². The highest BCUT2D eigenvalue weighted by molar-refractivity contribution is 5.82. The monoisotopic (exact) mass is 317 g/mol. The molecule has 1 heterocycles. The number of hydrogen-bond acceptors (Lipinski definition) is 3. The molecule has 5 heteroatoms. The van der Waals surface area contributed by atoms with E-state index in [2.05, 4.69) is 5.32 Å². The van der Waals surface area contributed by atoms with Gasteiger partial charge in [-0.15, -0.1) is 0 Å². The van der Waals surface area contributed by atoms with E-state index in [-0.39, 0.29) is 23.7 Å². The molecule has 1 aliphatic heterocycles. The van der Waals surface area contributed by atoms with E-state index >= 15 is 0 Å². The molecule has 0 aromatic heterocycles. The maximum absolute atomic E-state index is 12.4. The van der Waals surface area contributed by atoms with Crippen LogP contribution in [-0.2, 0) is 16.0 Å². The number of carbonyl (C=O) groups is 2. The second-order valence-corrected chi connectivity index (χ2v) is 6.43. The smallest absolute Gasteiger partial charge is 0.227 e. The third-order valence-corrected chi connectivity index (χ3v) is 4.37. The van der Waals surface area contributed by atoms with Crippen LogP contribution in [0.15, 0.2) is 30.3 Å². The first-order valence-electron chi connectivity index (χ1n) is 8.39. The quantitative estimate of drug-likeness (QED) is 0.827. The van der Waals surface area contributed by atoms with Crippen molar-refractivity contribution in [2.24, 2.45) is 17.6 Å². The number of benzene rings is 1. The van der Waals surface area contributed by atoms with Gasteiger partial charge in [-0.25, -0.2) is 0 Å². The van der Waals surface area contributed by atoms with Crippen LogP contribution in [0.5, 0.6) is 0 Å². The minimum Gasteiger partial charge on any atom is -0.355 e. The Kier molecular flexibility index (Phi) is 6.59. The highest BCUT2D eigenvalue weighted by Gasteiger charge is 2.28. The van der Waals surface area contributed by atoms with E-state index in [4.69, 9.17) is 5.73 Å². The molecule has 126 valence electrons. The van der Waals surface area contributed by atoms with E-state index in [1.165, 1.54) is 0 Å². The van der Waals surface area contributed by atoms with Crippen LogP contribution in [0.3, 0.4) is 0 Å². The Balaban J connectivity index is 1.85. The molecule has 0 bridgehead atoms. The van der Waals surface area contributed by atoms with Gasteiger partial charge in [-0.3, -0.25) is 9.59 Å². The molecule has 1 saturated heterocycles. The average Bonchev–Trinajstić information content (AvgIpc) is 2.60. The summed E-state index contributed by atoms with van der Waals surface area (Å²) in [6, 6.07) is 9.74. The van der Waals surface area contributed by atoms with Crippen LogP contribution in [0, 0.1) is 11.8 Å². The Morgan fingerprint density at radius 2 is 2.09 bits per heavy atom. The number of amides is 2. The molecule has 2 unspecified atom stereocenters. The molecule has 1 aliphatic rings. The van der Waals surface area contributed by atoms with Gasteiger partial charge in [0.15, 0.2) is 0 Å². The lowest BCUT2D eigenvalue weighted by molar-refractivity contribution is -0.135. The van der Waals surface area contributed by atoms with Gasteiger partial charge in [0.2, 0.25) is 11.8 Å². The largest absolute Gasteiger partial charge is 0.355 e. The van der Waals surface area contributed by atoms with Crippen molar-refractivity contribution in [2.75, 3.05) is 26.2 Å². The van der Waals surface area contributed by atoms with Crippen molar-refractivity contribution in [2.45, 2.75) is 26.2 Å². The van der Waals surface area contributed by atoms with Gasteiger partial charge in [0, 0.05) is 19.6 Å². The predicted octanol–water partition coefficient (Wildman–Crippen LogP) is 1.18. The molecule has 2 atom stereocenters. The van der Waals surface area contributed by atoms with Crippen LogP contribution in [0.1, 0.15) is 25.3 Å². The third-order valence-electron chi connectivity index (χ3n) is 4.37. The van der Waals surface area contributed by atoms with Gasteiger partial charge in [-0.05, 0) is 30.9 Å². The molecule has 2 rings (SSSR count). The summed E-state index contributed by atoms with van der Waals surface area (Å²) in [5.41, 5.74) is 6.58. The van der Waals surface area contributed by atoms with Crippen LogP contribution in [0.2, 0.25) is 0 Å². The molecule has 1 fully saturated rings. The molecule has 0 radical (unpaired) electrons. The van der Waals surface area contributed by atoms with Gasteiger partial charge in [-0.1, -0.05) is 37.3 Å². The maximum Gasteiger partial charge on any atom is 0.227 e. The predicted molar refractivity (Wildman–Crippen MR) is 90.7 cm³/mol. The number of carbonyl (C=O) groups excluding carboxylic acids is 2. The first-order chi connectivity index (χ1) is 11.1. The Morgan fingerprint density at radius 1 is 1.35 bits per heavy atom. The lowest BCUT2D eigenvalue weighted by atomic mass is 9.96. The van der Waals surface area contributed by atoms with Crippen LogP contribution < -0.4 is 11.1 Å². The van der Waals surface area contributed by atoms with Crippen molar-refractivity contribution < 1.29 is 9.59 Å². The molecule has 1 aromatic carbocycles. The fourth-order valence-electron chi connectivity index (χ4n) is 2.80. The van der Waals surface area contributed by atoms with Crippen molar-refractivity contribution in [1.82, 2.24) is 10.2 Å². The zero-order valence-corrected chi connectivity index (χ0v) is 13.8. The summed E-state index contributed by atoms with van der Waals surface area (Å²) in [5.74, 6) is 0.318. The lowest BCUT2D eigenvalue weighted by Crippen LogP contribution is -2.46. The number of nitrogens with zero attached hydrogens (tertiary/aromatic N) is 1. The van der Waals surface area contributed by atoms with Crippen molar-refractivity contribution in [1.29, 1.82) is 0 Å². The summed E-state index contributed by atoms with van der Waals surface area (Å²) in [7, 11) is 0. The summed E-state index contributed by atoms with van der Waals surface area (Å²) >= 11 is 0. The Hall–Kier alpha value is -1.88. The van der Waals surface area contributed by atoms with Crippen LogP contribution in [-0.4, -0.2) is 42.9 Å². The molecule has 2 amide bonds. The van der Waals surface area contributed by atoms with Crippen LogP contribution in [0.4, 0.5) is 0 Å². The number of piperidine rings is 1. The topological polar surface area (TPSA) is 75.4 Å². The summed E-state index contributed by atoms with van der Waals surface area (Å²) in [5, 5.41) is 2.96. The summed E-state index contributed by atoms with van der Waals surface area (Å²) in [6.07, 6.45) is 2.13. The standard InChI is InChI=1S/C18H27N3O2/c1-14(11-19)12-20-18(23)16-8-5-9-21(13-16)17(22)10-15-6-3-2-4-7-15/h2-4,6-7,14,16H,5,8-13,19H2,1H3,(H,20,23). The maximum atomic E-state index is 12.4. The molecule has 0 saturated carbocycles. The third kappa shape index (κ3) is 5.36. The minimum atomic E-state index is -0.103. The van der Waals surface area contributed by atoms with Gasteiger partial charge in [0.05, 0.1) is 12.3 Å². The summed E-state index contributed by atoms with van der Waals surface area (Å²) in [6.45, 7) is 4.44. The molecule has 5 nitrogen and oxygen atoms in total. The van der Waals surface area contributed by atoms with E-state index in [0.717, 1.165) is 24.9 Å². The lowest BCUT2D eigenvalue weighted by Gasteiger charge is -2.32. The van der Waals surface area contributed by atoms with E-state index in [0.29, 0.717) is 26.1 Å². The molecule has 23 heavy (non-hydrogen) atoms. The Bertz CT molecular complexity index is 518. The molecule has 1 aromatic rings. The molecular weight excluding hydrogens is 290 g/mol.